The molecule has 0 unspecified atom stereocenters. The maximum Gasteiger partial charge on any atom is 0.250 e. The molecule has 2 heterocycles. The topological polar surface area (TPSA) is 103 Å². The number of aliphatic hydroxyl groups excluding tert-OH is 3. The lowest BCUT2D eigenvalue weighted by molar-refractivity contribution is -0.0238. The Hall–Kier alpha value is -1.28. The fourth-order valence-electron chi connectivity index (χ4n) is 1.84. The van der Waals surface area contributed by atoms with E-state index in [1.54, 1.807) is 0 Å². The summed E-state index contributed by atoms with van der Waals surface area (Å²) in [7, 11) is 0. The van der Waals surface area contributed by atoms with Crippen molar-refractivity contribution in [2.24, 2.45) is 0 Å². The molecular weight excluding hydrogens is 233 g/mol. The van der Waals surface area contributed by atoms with Gasteiger partial charge in [0.25, 0.3) is 0 Å². The maximum atomic E-state index is 13.4. The summed E-state index contributed by atoms with van der Waals surface area (Å²) in [5.74, 6) is -0.924. The van der Waals surface area contributed by atoms with Crippen molar-refractivity contribution in [1.29, 1.82) is 0 Å². The molecule has 2 rings (SSSR count). The minimum absolute atomic E-state index is 0.0629. The van der Waals surface area contributed by atoms with Gasteiger partial charge in [0.2, 0.25) is 5.56 Å². The van der Waals surface area contributed by atoms with E-state index in [0.717, 1.165) is 6.07 Å². The fourth-order valence-corrected chi connectivity index (χ4v) is 1.84. The molecule has 17 heavy (non-hydrogen) atoms. The van der Waals surface area contributed by atoms with Crippen molar-refractivity contribution in [3.63, 3.8) is 0 Å². The zero-order valence-electron chi connectivity index (χ0n) is 8.71. The van der Waals surface area contributed by atoms with Gasteiger partial charge in [0, 0.05) is 11.6 Å². The van der Waals surface area contributed by atoms with Crippen LogP contribution < -0.4 is 5.56 Å². The van der Waals surface area contributed by atoms with Crippen LogP contribution in [0.1, 0.15) is 11.7 Å². The largest absolute Gasteiger partial charge is 0.394 e. The Labute approximate surface area is 95.3 Å². The maximum absolute atomic E-state index is 13.4. The number of hydrogen-bond donors (Lipinski definition) is 4. The molecular formula is C10H12FNO5. The van der Waals surface area contributed by atoms with Gasteiger partial charge in [0.15, 0.2) is 5.95 Å². The van der Waals surface area contributed by atoms with Crippen LogP contribution in [-0.4, -0.2) is 45.2 Å². The Bertz CT molecular complexity index is 462. The molecule has 1 aromatic heterocycles. The number of rotatable bonds is 2. The van der Waals surface area contributed by atoms with Crippen LogP contribution in [0.5, 0.6) is 0 Å². The Morgan fingerprint density at radius 1 is 1.35 bits per heavy atom. The van der Waals surface area contributed by atoms with E-state index in [1.807, 2.05) is 4.98 Å². The number of aromatic nitrogens is 1. The standard InChI is InChI=1S/C10H12FNO5/c11-10-4(1-2-6(14)12-10)9-8(16)7(15)5(3-13)17-9/h1-2,5,7-9,13,15-16H,3H2,(H,12,14)/t5-,7-,8-,9+/m1/s1. The highest BCUT2D eigenvalue weighted by atomic mass is 19.1. The number of nitrogens with one attached hydrogen (secondary N) is 1. The second-order valence-electron chi connectivity index (χ2n) is 3.85. The average molecular weight is 245 g/mol. The molecule has 1 aliphatic rings. The van der Waals surface area contributed by atoms with Gasteiger partial charge in [-0.25, -0.2) is 0 Å². The smallest absolute Gasteiger partial charge is 0.250 e. The molecule has 0 aromatic carbocycles. The molecule has 4 atom stereocenters. The zero-order valence-corrected chi connectivity index (χ0v) is 8.71. The van der Waals surface area contributed by atoms with E-state index in [1.165, 1.54) is 6.07 Å². The number of ether oxygens (including phenoxy) is 1. The van der Waals surface area contributed by atoms with E-state index in [2.05, 4.69) is 0 Å². The molecule has 0 bridgehead atoms. The van der Waals surface area contributed by atoms with Crippen molar-refractivity contribution in [2.75, 3.05) is 6.61 Å². The predicted molar refractivity (Wildman–Crippen MR) is 53.7 cm³/mol. The van der Waals surface area contributed by atoms with Crippen LogP contribution in [0.2, 0.25) is 0 Å². The second-order valence-corrected chi connectivity index (χ2v) is 3.85. The molecule has 6 nitrogen and oxygen atoms in total. The first-order valence-corrected chi connectivity index (χ1v) is 5.05. The molecule has 1 saturated heterocycles. The van der Waals surface area contributed by atoms with Crippen LogP contribution in [0.4, 0.5) is 4.39 Å². The predicted octanol–water partition coefficient (Wildman–Crippen LogP) is -1.33. The lowest BCUT2D eigenvalue weighted by Crippen LogP contribution is -2.32. The highest BCUT2D eigenvalue weighted by molar-refractivity contribution is 5.18. The molecule has 4 N–H and O–H groups in total. The molecule has 7 heteroatoms. The van der Waals surface area contributed by atoms with Crippen LogP contribution >= 0.6 is 0 Å². The van der Waals surface area contributed by atoms with Crippen LogP contribution in [0, 0.1) is 5.95 Å². The molecule has 1 aliphatic heterocycles. The number of hydrogen-bond acceptors (Lipinski definition) is 5. The normalized spacial score (nSPS) is 32.9. The van der Waals surface area contributed by atoms with Crippen molar-refractivity contribution in [1.82, 2.24) is 4.98 Å². The van der Waals surface area contributed by atoms with Crippen LogP contribution in [0.3, 0.4) is 0 Å². The van der Waals surface area contributed by atoms with Crippen molar-refractivity contribution >= 4 is 0 Å². The van der Waals surface area contributed by atoms with Gasteiger partial charge in [-0.3, -0.25) is 9.78 Å². The number of pyridine rings is 1. The third-order valence-corrected chi connectivity index (χ3v) is 2.75. The Morgan fingerprint density at radius 2 is 2.06 bits per heavy atom. The summed E-state index contributed by atoms with van der Waals surface area (Å²) < 4.78 is 18.6. The third-order valence-electron chi connectivity index (χ3n) is 2.75. The van der Waals surface area contributed by atoms with Crippen LogP contribution in [-0.2, 0) is 4.74 Å². The van der Waals surface area contributed by atoms with E-state index in [9.17, 15) is 19.4 Å². The van der Waals surface area contributed by atoms with Gasteiger partial charge in [0.1, 0.15) is 24.4 Å². The molecule has 0 amide bonds. The van der Waals surface area contributed by atoms with Gasteiger partial charge < -0.3 is 20.1 Å². The summed E-state index contributed by atoms with van der Waals surface area (Å²) in [6.45, 7) is -0.486. The summed E-state index contributed by atoms with van der Waals surface area (Å²) in [5.41, 5.74) is -0.676. The lowest BCUT2D eigenvalue weighted by Gasteiger charge is -2.14. The Morgan fingerprint density at radius 3 is 2.59 bits per heavy atom. The third kappa shape index (κ3) is 2.09. The minimum atomic E-state index is -1.35. The van der Waals surface area contributed by atoms with E-state index in [-0.39, 0.29) is 5.56 Å². The monoisotopic (exact) mass is 245 g/mol. The number of H-pyrrole nitrogens is 1. The van der Waals surface area contributed by atoms with Gasteiger partial charge >= 0.3 is 0 Å². The second kappa shape index (κ2) is 4.53. The lowest BCUT2D eigenvalue weighted by atomic mass is 10.0. The first kappa shape index (κ1) is 12.2. The minimum Gasteiger partial charge on any atom is -0.394 e. The number of halogens is 1. The molecule has 0 aliphatic carbocycles. The van der Waals surface area contributed by atoms with Crippen molar-refractivity contribution in [3.05, 3.63) is 34.0 Å². The first-order valence-electron chi connectivity index (χ1n) is 5.05. The molecule has 0 radical (unpaired) electrons. The number of aliphatic hydroxyl groups is 3. The molecule has 0 spiro atoms. The average Bonchev–Trinajstić information content (AvgIpc) is 2.57. The summed E-state index contributed by atoms with van der Waals surface area (Å²) >= 11 is 0. The van der Waals surface area contributed by atoms with Crippen LogP contribution in [0.25, 0.3) is 0 Å². The SMILES string of the molecule is O=c1ccc([C@@H]2O[C@H](CO)[C@@H](O)[C@H]2O)c(F)[nH]1. The fraction of sp³-hybridized carbons (Fsp3) is 0.500. The van der Waals surface area contributed by atoms with E-state index in [4.69, 9.17) is 9.84 Å². The van der Waals surface area contributed by atoms with E-state index in [0.29, 0.717) is 0 Å². The van der Waals surface area contributed by atoms with Crippen molar-refractivity contribution in [2.45, 2.75) is 24.4 Å². The zero-order chi connectivity index (χ0) is 12.6. The summed E-state index contributed by atoms with van der Waals surface area (Å²) in [4.78, 5) is 12.8. The van der Waals surface area contributed by atoms with Gasteiger partial charge in [0.05, 0.1) is 6.61 Å². The van der Waals surface area contributed by atoms with Crippen LogP contribution in [0.15, 0.2) is 16.9 Å². The molecule has 0 saturated carbocycles. The van der Waals surface area contributed by atoms with Gasteiger partial charge in [-0.1, -0.05) is 0 Å². The summed E-state index contributed by atoms with van der Waals surface area (Å²) in [6, 6.07) is 2.27. The van der Waals surface area contributed by atoms with Gasteiger partial charge in [-0.05, 0) is 6.07 Å². The van der Waals surface area contributed by atoms with Gasteiger partial charge in [-0.2, -0.15) is 4.39 Å². The van der Waals surface area contributed by atoms with Crippen molar-refractivity contribution < 1.29 is 24.4 Å². The first-order chi connectivity index (χ1) is 8.04. The Balaban J connectivity index is 2.32. The highest BCUT2D eigenvalue weighted by Gasteiger charge is 2.44. The van der Waals surface area contributed by atoms with E-state index < -0.39 is 42.5 Å². The molecule has 94 valence electrons. The molecule has 1 aromatic rings. The van der Waals surface area contributed by atoms with E-state index >= 15 is 0 Å². The highest BCUT2D eigenvalue weighted by Crippen LogP contribution is 2.33. The van der Waals surface area contributed by atoms with Crippen molar-refractivity contribution in [3.8, 4) is 0 Å². The quantitative estimate of drug-likeness (QED) is 0.483. The molecule has 1 fully saturated rings. The van der Waals surface area contributed by atoms with Gasteiger partial charge in [-0.15, -0.1) is 0 Å². The summed E-state index contributed by atoms with van der Waals surface area (Å²) in [5, 5.41) is 28.1. The summed E-state index contributed by atoms with van der Waals surface area (Å²) in [6.07, 6.45) is -4.73. The number of aromatic amines is 1. The Kier molecular flexibility index (Phi) is 3.25.